The van der Waals surface area contributed by atoms with Crippen LogP contribution in [0.25, 0.3) is 10.9 Å². The number of hydrogen-bond donors (Lipinski definition) is 1. The molecule has 6 nitrogen and oxygen atoms in total. The van der Waals surface area contributed by atoms with Gasteiger partial charge in [-0.05, 0) is 32.0 Å². The molecule has 2 aromatic heterocycles. The maximum atomic E-state index is 12.9. The SMILES string of the molecule is Cc1ccc2[nH]c(C(=O)N3CCN(c4cc(C)nc(C(C)C)n4)CC3)cc2c1. The topological polar surface area (TPSA) is 65.1 Å². The molecule has 1 fully saturated rings. The number of piperazine rings is 1. The number of amides is 1. The number of carbonyl (C=O) groups is 1. The number of fused-ring (bicyclic) bond motifs is 1. The van der Waals surface area contributed by atoms with Crippen LogP contribution in [0.3, 0.4) is 0 Å². The molecule has 6 heteroatoms. The van der Waals surface area contributed by atoms with Gasteiger partial charge in [-0.25, -0.2) is 9.97 Å². The molecule has 3 aromatic rings. The molecule has 1 saturated heterocycles. The van der Waals surface area contributed by atoms with Gasteiger partial charge in [0.1, 0.15) is 17.3 Å². The third-order valence-electron chi connectivity index (χ3n) is 5.27. The fraction of sp³-hybridized carbons (Fsp3) is 0.409. The molecule has 0 aliphatic carbocycles. The number of hydrogen-bond acceptors (Lipinski definition) is 4. The molecule has 1 N–H and O–H groups in total. The van der Waals surface area contributed by atoms with E-state index in [0.717, 1.165) is 41.3 Å². The maximum absolute atomic E-state index is 12.9. The highest BCUT2D eigenvalue weighted by molar-refractivity contribution is 5.98. The predicted octanol–water partition coefficient (Wildman–Crippen LogP) is 3.66. The van der Waals surface area contributed by atoms with Gasteiger partial charge in [-0.1, -0.05) is 25.5 Å². The van der Waals surface area contributed by atoms with E-state index in [9.17, 15) is 4.79 Å². The average Bonchev–Trinajstić information content (AvgIpc) is 3.10. The molecule has 1 amide bonds. The monoisotopic (exact) mass is 377 g/mol. The summed E-state index contributed by atoms with van der Waals surface area (Å²) in [7, 11) is 0. The molecule has 4 rings (SSSR count). The number of benzene rings is 1. The van der Waals surface area contributed by atoms with Crippen molar-refractivity contribution in [2.75, 3.05) is 31.1 Å². The third-order valence-corrected chi connectivity index (χ3v) is 5.27. The van der Waals surface area contributed by atoms with Crippen LogP contribution in [-0.4, -0.2) is 51.9 Å². The van der Waals surface area contributed by atoms with E-state index in [-0.39, 0.29) is 5.91 Å². The Morgan fingerprint density at radius 1 is 1.04 bits per heavy atom. The zero-order valence-corrected chi connectivity index (χ0v) is 17.0. The zero-order valence-electron chi connectivity index (χ0n) is 17.0. The van der Waals surface area contributed by atoms with E-state index >= 15 is 0 Å². The quantitative estimate of drug-likeness (QED) is 0.756. The second kappa shape index (κ2) is 7.26. The van der Waals surface area contributed by atoms with Crippen LogP contribution in [-0.2, 0) is 0 Å². The van der Waals surface area contributed by atoms with Gasteiger partial charge < -0.3 is 14.8 Å². The fourth-order valence-corrected chi connectivity index (χ4v) is 3.67. The van der Waals surface area contributed by atoms with Gasteiger partial charge in [0.25, 0.3) is 5.91 Å². The van der Waals surface area contributed by atoms with Crippen molar-refractivity contribution in [2.45, 2.75) is 33.6 Å². The van der Waals surface area contributed by atoms with Gasteiger partial charge in [0.05, 0.1) is 0 Å². The minimum Gasteiger partial charge on any atom is -0.353 e. The van der Waals surface area contributed by atoms with Crippen LogP contribution >= 0.6 is 0 Å². The summed E-state index contributed by atoms with van der Waals surface area (Å²) in [5, 5.41) is 1.08. The lowest BCUT2D eigenvalue weighted by Crippen LogP contribution is -2.49. The molecular formula is C22H27N5O. The van der Waals surface area contributed by atoms with Crippen LogP contribution < -0.4 is 4.90 Å². The van der Waals surface area contributed by atoms with Gasteiger partial charge >= 0.3 is 0 Å². The number of anilines is 1. The number of nitrogens with zero attached hydrogens (tertiary/aromatic N) is 4. The summed E-state index contributed by atoms with van der Waals surface area (Å²) in [6, 6.07) is 10.2. The second-order valence-corrected chi connectivity index (χ2v) is 7.93. The van der Waals surface area contributed by atoms with E-state index in [1.54, 1.807) is 0 Å². The van der Waals surface area contributed by atoms with E-state index in [2.05, 4.69) is 47.8 Å². The lowest BCUT2D eigenvalue weighted by molar-refractivity contribution is 0.0741. The Morgan fingerprint density at radius 3 is 2.50 bits per heavy atom. The van der Waals surface area contributed by atoms with Gasteiger partial charge in [0.2, 0.25) is 0 Å². The van der Waals surface area contributed by atoms with Gasteiger partial charge in [0, 0.05) is 54.8 Å². The van der Waals surface area contributed by atoms with Crippen molar-refractivity contribution in [1.82, 2.24) is 19.9 Å². The highest BCUT2D eigenvalue weighted by Gasteiger charge is 2.24. The third kappa shape index (κ3) is 3.59. The number of aryl methyl sites for hydroxylation is 2. The molecule has 0 radical (unpaired) electrons. The number of carbonyl (C=O) groups excluding carboxylic acids is 1. The van der Waals surface area contributed by atoms with Crippen LogP contribution in [0.15, 0.2) is 30.3 Å². The first-order valence-corrected chi connectivity index (χ1v) is 9.90. The van der Waals surface area contributed by atoms with E-state index in [4.69, 9.17) is 4.98 Å². The van der Waals surface area contributed by atoms with Crippen molar-refractivity contribution in [3.8, 4) is 0 Å². The first-order chi connectivity index (χ1) is 13.4. The van der Waals surface area contributed by atoms with Crippen LogP contribution in [0.1, 0.15) is 47.3 Å². The standard InChI is InChI=1S/C22H27N5O/c1-14(2)21-23-16(4)12-20(25-21)26-7-9-27(10-8-26)22(28)19-13-17-11-15(3)5-6-18(17)24-19/h5-6,11-14,24H,7-10H2,1-4H3. The Hall–Kier alpha value is -2.89. The average molecular weight is 377 g/mol. The van der Waals surface area contributed by atoms with Crippen molar-refractivity contribution in [1.29, 1.82) is 0 Å². The minimum atomic E-state index is 0.0650. The van der Waals surface area contributed by atoms with Crippen LogP contribution in [0.4, 0.5) is 5.82 Å². The smallest absolute Gasteiger partial charge is 0.270 e. The van der Waals surface area contributed by atoms with Crippen molar-refractivity contribution in [2.24, 2.45) is 0 Å². The van der Waals surface area contributed by atoms with Crippen molar-refractivity contribution < 1.29 is 4.79 Å². The molecular weight excluding hydrogens is 350 g/mol. The van der Waals surface area contributed by atoms with Gasteiger partial charge in [-0.3, -0.25) is 4.79 Å². The number of aromatic amines is 1. The van der Waals surface area contributed by atoms with Crippen molar-refractivity contribution in [3.63, 3.8) is 0 Å². The van der Waals surface area contributed by atoms with E-state index in [1.165, 1.54) is 5.56 Å². The zero-order chi connectivity index (χ0) is 19.8. The number of nitrogens with one attached hydrogen (secondary N) is 1. The molecule has 1 aliphatic rings. The molecule has 3 heterocycles. The highest BCUT2D eigenvalue weighted by Crippen LogP contribution is 2.21. The molecule has 0 bridgehead atoms. The van der Waals surface area contributed by atoms with Gasteiger partial charge in [-0.15, -0.1) is 0 Å². The molecule has 0 unspecified atom stereocenters. The molecule has 0 atom stereocenters. The highest BCUT2D eigenvalue weighted by atomic mass is 16.2. The molecule has 0 spiro atoms. The van der Waals surface area contributed by atoms with Crippen LogP contribution in [0, 0.1) is 13.8 Å². The molecule has 146 valence electrons. The Labute approximate surface area is 165 Å². The van der Waals surface area contributed by atoms with E-state index in [0.29, 0.717) is 24.7 Å². The lowest BCUT2D eigenvalue weighted by Gasteiger charge is -2.35. The summed E-state index contributed by atoms with van der Waals surface area (Å²) >= 11 is 0. The maximum Gasteiger partial charge on any atom is 0.270 e. The van der Waals surface area contributed by atoms with Crippen molar-refractivity contribution >= 4 is 22.6 Å². The van der Waals surface area contributed by atoms with Crippen LogP contribution in [0.5, 0.6) is 0 Å². The summed E-state index contributed by atoms with van der Waals surface area (Å²) in [6.07, 6.45) is 0. The molecule has 0 saturated carbocycles. The Balaban J connectivity index is 1.47. The summed E-state index contributed by atoms with van der Waals surface area (Å²) in [4.78, 5) is 29.6. The number of H-pyrrole nitrogens is 1. The van der Waals surface area contributed by atoms with E-state index < -0.39 is 0 Å². The lowest BCUT2D eigenvalue weighted by atomic mass is 10.2. The van der Waals surface area contributed by atoms with Gasteiger partial charge in [-0.2, -0.15) is 0 Å². The van der Waals surface area contributed by atoms with Gasteiger partial charge in [0.15, 0.2) is 0 Å². The Kier molecular flexibility index (Phi) is 4.79. The first-order valence-electron chi connectivity index (χ1n) is 9.90. The summed E-state index contributed by atoms with van der Waals surface area (Å²) in [5.41, 5.74) is 3.85. The summed E-state index contributed by atoms with van der Waals surface area (Å²) < 4.78 is 0. The first kappa shape index (κ1) is 18.5. The molecule has 1 aliphatic heterocycles. The fourth-order valence-electron chi connectivity index (χ4n) is 3.67. The summed E-state index contributed by atoms with van der Waals surface area (Å²) in [6.45, 7) is 11.2. The van der Waals surface area contributed by atoms with Crippen molar-refractivity contribution in [3.05, 3.63) is 53.1 Å². The Morgan fingerprint density at radius 2 is 1.79 bits per heavy atom. The summed E-state index contributed by atoms with van der Waals surface area (Å²) in [5.74, 6) is 2.20. The predicted molar refractivity (Wildman–Crippen MR) is 112 cm³/mol. The number of aromatic nitrogens is 3. The normalized spacial score (nSPS) is 14.9. The second-order valence-electron chi connectivity index (χ2n) is 7.93. The van der Waals surface area contributed by atoms with E-state index in [1.807, 2.05) is 30.0 Å². The molecule has 28 heavy (non-hydrogen) atoms. The largest absolute Gasteiger partial charge is 0.353 e. The Bertz CT molecular complexity index is 1010. The number of rotatable bonds is 3. The minimum absolute atomic E-state index is 0.0650. The molecule has 1 aromatic carbocycles. The van der Waals surface area contributed by atoms with Crippen LogP contribution in [0.2, 0.25) is 0 Å².